The lowest BCUT2D eigenvalue weighted by molar-refractivity contribution is -0.120. The van der Waals surface area contributed by atoms with Gasteiger partial charge in [-0.1, -0.05) is 17.7 Å². The van der Waals surface area contributed by atoms with E-state index in [0.717, 1.165) is 5.56 Å². The van der Waals surface area contributed by atoms with Gasteiger partial charge in [-0.05, 0) is 39.8 Å². The molecule has 0 aliphatic carbocycles. The molecule has 1 aromatic rings. The maximum Gasteiger partial charge on any atom is 0.235 e. The summed E-state index contributed by atoms with van der Waals surface area (Å²) in [5.41, 5.74) is 0.549. The van der Waals surface area contributed by atoms with Gasteiger partial charge in [-0.15, -0.1) is 0 Å². The molecule has 0 aromatic heterocycles. The van der Waals surface area contributed by atoms with Crippen molar-refractivity contribution in [3.8, 4) is 0 Å². The highest BCUT2D eigenvalue weighted by Gasteiger charge is 2.22. The Kier molecular flexibility index (Phi) is 4.16. The van der Waals surface area contributed by atoms with Crippen molar-refractivity contribution in [2.75, 3.05) is 5.75 Å². The van der Waals surface area contributed by atoms with E-state index in [9.17, 15) is 13.2 Å². The van der Waals surface area contributed by atoms with Crippen molar-refractivity contribution in [2.45, 2.75) is 38.1 Å². The van der Waals surface area contributed by atoms with Crippen molar-refractivity contribution < 1.29 is 13.2 Å². The SMILES string of the molecule is Cc1ccc(S(=O)(=O)CC(=O)NC(C)(C)C)cc1. The first-order valence-corrected chi connectivity index (χ1v) is 7.36. The molecule has 1 amide bonds. The molecule has 1 N–H and O–H groups in total. The summed E-state index contributed by atoms with van der Waals surface area (Å²) in [6.45, 7) is 7.30. The van der Waals surface area contributed by atoms with E-state index in [0.29, 0.717) is 0 Å². The van der Waals surface area contributed by atoms with E-state index in [2.05, 4.69) is 5.32 Å². The Morgan fingerprint density at radius 2 is 1.67 bits per heavy atom. The van der Waals surface area contributed by atoms with Crippen LogP contribution in [0.1, 0.15) is 26.3 Å². The Bertz CT molecular complexity index is 524. The van der Waals surface area contributed by atoms with Gasteiger partial charge in [0.05, 0.1) is 4.90 Å². The van der Waals surface area contributed by atoms with Gasteiger partial charge < -0.3 is 5.32 Å². The molecule has 0 atom stereocenters. The quantitative estimate of drug-likeness (QED) is 0.908. The maximum absolute atomic E-state index is 12.0. The number of carbonyl (C=O) groups is 1. The van der Waals surface area contributed by atoms with Crippen LogP contribution in [0.2, 0.25) is 0 Å². The van der Waals surface area contributed by atoms with E-state index in [1.54, 1.807) is 12.1 Å². The number of sulfone groups is 1. The lowest BCUT2D eigenvalue weighted by Crippen LogP contribution is -2.43. The third-order valence-electron chi connectivity index (χ3n) is 2.22. The van der Waals surface area contributed by atoms with Crippen LogP contribution >= 0.6 is 0 Å². The average Bonchev–Trinajstić information content (AvgIpc) is 2.13. The summed E-state index contributed by atoms with van der Waals surface area (Å²) < 4.78 is 24.0. The van der Waals surface area contributed by atoms with Crippen LogP contribution in [0.4, 0.5) is 0 Å². The van der Waals surface area contributed by atoms with E-state index < -0.39 is 27.0 Å². The van der Waals surface area contributed by atoms with Gasteiger partial charge in [0.25, 0.3) is 0 Å². The molecule has 4 nitrogen and oxygen atoms in total. The minimum atomic E-state index is -3.56. The molecular formula is C13H19NO3S. The van der Waals surface area contributed by atoms with Gasteiger partial charge in [0.2, 0.25) is 5.91 Å². The van der Waals surface area contributed by atoms with Gasteiger partial charge >= 0.3 is 0 Å². The fourth-order valence-corrected chi connectivity index (χ4v) is 2.59. The number of nitrogens with one attached hydrogen (secondary N) is 1. The zero-order valence-corrected chi connectivity index (χ0v) is 12.0. The fourth-order valence-electron chi connectivity index (χ4n) is 1.46. The second-order valence-corrected chi connectivity index (χ2v) is 7.36. The molecular weight excluding hydrogens is 250 g/mol. The molecule has 5 heteroatoms. The van der Waals surface area contributed by atoms with Crippen LogP contribution in [0.15, 0.2) is 29.2 Å². The summed E-state index contributed by atoms with van der Waals surface area (Å²) in [4.78, 5) is 11.8. The van der Waals surface area contributed by atoms with Crippen LogP contribution in [0.5, 0.6) is 0 Å². The summed E-state index contributed by atoms with van der Waals surface area (Å²) in [5, 5.41) is 2.64. The highest BCUT2D eigenvalue weighted by atomic mass is 32.2. The van der Waals surface area contributed by atoms with Crippen LogP contribution in [0.3, 0.4) is 0 Å². The van der Waals surface area contributed by atoms with Crippen molar-refractivity contribution in [3.05, 3.63) is 29.8 Å². The number of rotatable bonds is 3. The molecule has 0 bridgehead atoms. The van der Waals surface area contributed by atoms with Gasteiger partial charge in [0.15, 0.2) is 9.84 Å². The van der Waals surface area contributed by atoms with E-state index >= 15 is 0 Å². The summed E-state index contributed by atoms with van der Waals surface area (Å²) in [5.74, 6) is -1.00. The second-order valence-electron chi connectivity index (χ2n) is 5.37. The van der Waals surface area contributed by atoms with Gasteiger partial charge in [-0.3, -0.25) is 4.79 Å². The highest BCUT2D eigenvalue weighted by Crippen LogP contribution is 2.12. The number of hydrogen-bond donors (Lipinski definition) is 1. The van der Waals surface area contributed by atoms with E-state index in [-0.39, 0.29) is 4.90 Å². The Morgan fingerprint density at radius 3 is 2.11 bits per heavy atom. The summed E-state index contributed by atoms with van der Waals surface area (Å²) >= 11 is 0. The molecule has 1 rings (SSSR count). The van der Waals surface area contributed by atoms with Gasteiger partial charge in [-0.2, -0.15) is 0 Å². The zero-order valence-electron chi connectivity index (χ0n) is 11.1. The monoisotopic (exact) mass is 269 g/mol. The van der Waals surface area contributed by atoms with Crippen LogP contribution in [-0.4, -0.2) is 25.6 Å². The van der Waals surface area contributed by atoms with Crippen LogP contribution < -0.4 is 5.32 Å². The van der Waals surface area contributed by atoms with Crippen LogP contribution in [-0.2, 0) is 14.6 Å². The number of benzene rings is 1. The first-order valence-electron chi connectivity index (χ1n) is 5.71. The Labute approximate surface area is 108 Å². The number of carbonyl (C=O) groups excluding carboxylic acids is 1. The van der Waals surface area contributed by atoms with Gasteiger partial charge in [0, 0.05) is 5.54 Å². The first kappa shape index (κ1) is 14.7. The predicted molar refractivity (Wildman–Crippen MR) is 71.1 cm³/mol. The summed E-state index contributed by atoms with van der Waals surface area (Å²) in [6, 6.07) is 6.48. The van der Waals surface area contributed by atoms with Crippen molar-refractivity contribution in [3.63, 3.8) is 0 Å². The van der Waals surface area contributed by atoms with E-state index in [1.165, 1.54) is 12.1 Å². The number of amides is 1. The number of aryl methyl sites for hydroxylation is 1. The smallest absolute Gasteiger partial charge is 0.235 e. The molecule has 0 radical (unpaired) electrons. The largest absolute Gasteiger partial charge is 0.351 e. The van der Waals surface area contributed by atoms with Crippen molar-refractivity contribution in [1.82, 2.24) is 5.32 Å². The Morgan fingerprint density at radius 1 is 1.17 bits per heavy atom. The molecule has 1 aromatic carbocycles. The average molecular weight is 269 g/mol. The molecule has 0 saturated carbocycles. The summed E-state index contributed by atoms with van der Waals surface area (Å²) in [6.07, 6.45) is 0. The summed E-state index contributed by atoms with van der Waals surface area (Å²) in [7, 11) is -3.56. The van der Waals surface area contributed by atoms with Crippen molar-refractivity contribution >= 4 is 15.7 Å². The lowest BCUT2D eigenvalue weighted by Gasteiger charge is -2.20. The van der Waals surface area contributed by atoms with Crippen LogP contribution in [0.25, 0.3) is 0 Å². The third-order valence-corrected chi connectivity index (χ3v) is 3.85. The van der Waals surface area contributed by atoms with E-state index in [1.807, 2.05) is 27.7 Å². The molecule has 0 aliphatic rings. The standard InChI is InChI=1S/C13H19NO3S/c1-10-5-7-11(8-6-10)18(16,17)9-12(15)14-13(2,3)4/h5-8H,9H2,1-4H3,(H,14,15). The molecule has 100 valence electrons. The third kappa shape index (κ3) is 4.49. The predicted octanol–water partition coefficient (Wildman–Crippen LogP) is 1.68. The van der Waals surface area contributed by atoms with Gasteiger partial charge in [0.1, 0.15) is 5.75 Å². The molecule has 0 heterocycles. The van der Waals surface area contributed by atoms with Crippen molar-refractivity contribution in [2.24, 2.45) is 0 Å². The topological polar surface area (TPSA) is 63.2 Å². The maximum atomic E-state index is 12.0. The molecule has 0 saturated heterocycles. The zero-order chi connectivity index (χ0) is 14.0. The van der Waals surface area contributed by atoms with Crippen molar-refractivity contribution in [1.29, 1.82) is 0 Å². The fraction of sp³-hybridized carbons (Fsp3) is 0.462. The van der Waals surface area contributed by atoms with Crippen LogP contribution in [0, 0.1) is 6.92 Å². The Hall–Kier alpha value is -1.36. The molecule has 0 unspecified atom stereocenters. The highest BCUT2D eigenvalue weighted by molar-refractivity contribution is 7.92. The lowest BCUT2D eigenvalue weighted by atomic mass is 10.1. The molecule has 0 aliphatic heterocycles. The van der Waals surface area contributed by atoms with Gasteiger partial charge in [-0.25, -0.2) is 8.42 Å². The molecule has 0 spiro atoms. The normalized spacial score (nSPS) is 12.2. The van der Waals surface area contributed by atoms with E-state index in [4.69, 9.17) is 0 Å². The first-order chi connectivity index (χ1) is 8.10. The second kappa shape index (κ2) is 5.10. The minimum absolute atomic E-state index is 0.178. The minimum Gasteiger partial charge on any atom is -0.351 e. The molecule has 18 heavy (non-hydrogen) atoms. The molecule has 0 fully saturated rings. The Balaban J connectivity index is 2.83. The number of hydrogen-bond acceptors (Lipinski definition) is 3.